The summed E-state index contributed by atoms with van der Waals surface area (Å²) in [5, 5.41) is 2.11. The molecule has 1 aromatic heterocycles. The van der Waals surface area contributed by atoms with Crippen molar-refractivity contribution in [2.24, 2.45) is 0 Å². The summed E-state index contributed by atoms with van der Waals surface area (Å²) in [4.78, 5) is 15.9. The molecule has 3 heteroatoms. The summed E-state index contributed by atoms with van der Waals surface area (Å²) in [6.45, 7) is 2.06. The maximum atomic E-state index is 11.7. The average Bonchev–Trinajstić information content (AvgIpc) is 2.53. The molecule has 0 bridgehead atoms. The first kappa shape index (κ1) is 13.3. The van der Waals surface area contributed by atoms with Crippen LogP contribution in [0.2, 0.25) is 0 Å². The molecule has 3 nitrogen and oxygen atoms in total. The molecule has 0 fully saturated rings. The van der Waals surface area contributed by atoms with Crippen molar-refractivity contribution in [1.82, 2.24) is 4.98 Å². The van der Waals surface area contributed by atoms with Crippen LogP contribution in [0.1, 0.15) is 15.9 Å². The van der Waals surface area contributed by atoms with Gasteiger partial charge in [0, 0.05) is 18.0 Å². The number of carbonyl (C=O) groups excluding carboxylic acids is 1. The minimum Gasteiger partial charge on any atom is -0.465 e. The van der Waals surface area contributed by atoms with Gasteiger partial charge in [-0.1, -0.05) is 24.3 Å². The fourth-order valence-electron chi connectivity index (χ4n) is 2.50. The van der Waals surface area contributed by atoms with Crippen LogP contribution in [0.3, 0.4) is 0 Å². The van der Waals surface area contributed by atoms with Crippen LogP contribution in [0.15, 0.2) is 54.9 Å². The molecule has 3 aromatic rings. The van der Waals surface area contributed by atoms with Gasteiger partial charge in [0.25, 0.3) is 0 Å². The zero-order valence-electron chi connectivity index (χ0n) is 12.0. The molecule has 0 N–H and O–H groups in total. The van der Waals surface area contributed by atoms with Crippen LogP contribution in [0.25, 0.3) is 21.9 Å². The summed E-state index contributed by atoms with van der Waals surface area (Å²) >= 11 is 0. The number of esters is 1. The molecule has 3 rings (SSSR count). The van der Waals surface area contributed by atoms with Gasteiger partial charge >= 0.3 is 5.97 Å². The highest BCUT2D eigenvalue weighted by molar-refractivity contribution is 6.01. The summed E-state index contributed by atoms with van der Waals surface area (Å²) < 4.78 is 4.80. The molecule has 0 aliphatic rings. The number of hydrogen-bond donors (Lipinski definition) is 0. The number of aromatic nitrogens is 1. The van der Waals surface area contributed by atoms with Gasteiger partial charge in [0.05, 0.1) is 12.7 Å². The third-order valence-corrected chi connectivity index (χ3v) is 3.63. The molecule has 0 aliphatic carbocycles. The Hall–Kier alpha value is -2.68. The highest BCUT2D eigenvalue weighted by atomic mass is 16.5. The maximum Gasteiger partial charge on any atom is 0.337 e. The highest BCUT2D eigenvalue weighted by Gasteiger charge is 2.10. The Morgan fingerprint density at radius 2 is 1.95 bits per heavy atom. The second-order valence-electron chi connectivity index (χ2n) is 4.92. The average molecular weight is 277 g/mol. The monoisotopic (exact) mass is 277 g/mol. The number of ether oxygens (including phenoxy) is 1. The molecule has 0 unspecified atom stereocenters. The third kappa shape index (κ3) is 2.38. The van der Waals surface area contributed by atoms with E-state index >= 15 is 0 Å². The number of benzene rings is 2. The second-order valence-corrected chi connectivity index (χ2v) is 4.92. The van der Waals surface area contributed by atoms with E-state index in [0.29, 0.717) is 5.56 Å². The molecule has 0 aliphatic heterocycles. The van der Waals surface area contributed by atoms with Crippen molar-refractivity contribution in [3.8, 4) is 11.1 Å². The topological polar surface area (TPSA) is 39.2 Å². The van der Waals surface area contributed by atoms with Crippen LogP contribution in [-0.2, 0) is 4.74 Å². The molecule has 0 spiro atoms. The van der Waals surface area contributed by atoms with Gasteiger partial charge in [-0.25, -0.2) is 4.79 Å². The molecule has 2 aromatic carbocycles. The molecule has 21 heavy (non-hydrogen) atoms. The summed E-state index contributed by atoms with van der Waals surface area (Å²) in [5.41, 5.74) is 3.86. The first-order valence-corrected chi connectivity index (χ1v) is 6.73. The first-order chi connectivity index (χ1) is 10.2. The number of aryl methyl sites for hydroxylation is 1. The predicted molar refractivity (Wildman–Crippen MR) is 83.3 cm³/mol. The quantitative estimate of drug-likeness (QED) is 0.665. The summed E-state index contributed by atoms with van der Waals surface area (Å²) in [6, 6.07) is 13.7. The summed E-state index contributed by atoms with van der Waals surface area (Å²) in [7, 11) is 1.39. The van der Waals surface area contributed by atoms with E-state index in [1.54, 1.807) is 12.3 Å². The second kappa shape index (κ2) is 5.37. The van der Waals surface area contributed by atoms with Crippen molar-refractivity contribution in [2.75, 3.05) is 7.11 Å². The zero-order valence-corrected chi connectivity index (χ0v) is 12.0. The van der Waals surface area contributed by atoms with E-state index in [1.165, 1.54) is 7.11 Å². The predicted octanol–water partition coefficient (Wildman–Crippen LogP) is 4.00. The van der Waals surface area contributed by atoms with Gasteiger partial charge in [-0.3, -0.25) is 4.98 Å². The van der Waals surface area contributed by atoms with Gasteiger partial charge in [-0.05, 0) is 47.0 Å². The lowest BCUT2D eigenvalue weighted by molar-refractivity contribution is 0.0601. The fraction of sp³-hybridized carbons (Fsp3) is 0.111. The Labute approximate surface area is 123 Å². The van der Waals surface area contributed by atoms with E-state index in [1.807, 2.05) is 42.6 Å². The van der Waals surface area contributed by atoms with Gasteiger partial charge in [-0.2, -0.15) is 0 Å². The number of nitrogens with zero attached hydrogens (tertiary/aromatic N) is 1. The van der Waals surface area contributed by atoms with E-state index in [9.17, 15) is 4.79 Å². The zero-order chi connectivity index (χ0) is 14.8. The number of fused-ring (bicyclic) bond motifs is 1. The smallest absolute Gasteiger partial charge is 0.337 e. The number of rotatable bonds is 2. The Morgan fingerprint density at radius 3 is 2.71 bits per heavy atom. The largest absolute Gasteiger partial charge is 0.465 e. The minimum absolute atomic E-state index is 0.324. The van der Waals surface area contributed by atoms with Crippen molar-refractivity contribution in [2.45, 2.75) is 6.92 Å². The lowest BCUT2D eigenvalue weighted by atomic mass is 9.95. The van der Waals surface area contributed by atoms with Crippen LogP contribution >= 0.6 is 0 Å². The molecule has 0 atom stereocenters. The number of carbonyl (C=O) groups is 1. The first-order valence-electron chi connectivity index (χ1n) is 6.73. The lowest BCUT2D eigenvalue weighted by Crippen LogP contribution is -2.00. The number of methoxy groups -OCH3 is 1. The maximum absolute atomic E-state index is 11.7. The van der Waals surface area contributed by atoms with E-state index < -0.39 is 0 Å². The van der Waals surface area contributed by atoms with Gasteiger partial charge in [-0.15, -0.1) is 0 Å². The van der Waals surface area contributed by atoms with E-state index in [-0.39, 0.29) is 5.97 Å². The van der Waals surface area contributed by atoms with Crippen LogP contribution in [-0.4, -0.2) is 18.1 Å². The van der Waals surface area contributed by atoms with Crippen molar-refractivity contribution in [3.05, 3.63) is 66.0 Å². The van der Waals surface area contributed by atoms with Crippen molar-refractivity contribution >= 4 is 16.7 Å². The van der Waals surface area contributed by atoms with Crippen molar-refractivity contribution < 1.29 is 9.53 Å². The number of pyridine rings is 1. The Morgan fingerprint density at radius 1 is 1.10 bits per heavy atom. The van der Waals surface area contributed by atoms with Crippen molar-refractivity contribution in [1.29, 1.82) is 0 Å². The molecular weight excluding hydrogens is 262 g/mol. The third-order valence-electron chi connectivity index (χ3n) is 3.63. The van der Waals surface area contributed by atoms with E-state index in [4.69, 9.17) is 4.74 Å². The van der Waals surface area contributed by atoms with Crippen molar-refractivity contribution in [3.63, 3.8) is 0 Å². The molecule has 0 saturated carbocycles. The van der Waals surface area contributed by atoms with Crippen LogP contribution < -0.4 is 0 Å². The van der Waals surface area contributed by atoms with Crippen LogP contribution in [0, 0.1) is 6.92 Å². The normalized spacial score (nSPS) is 10.6. The Balaban J connectivity index is 2.28. The fourth-order valence-corrected chi connectivity index (χ4v) is 2.50. The standard InChI is InChI=1S/C18H15NO2/c1-12-8-9-19-11-17(12)15-5-3-4-13-6-7-14(10-16(13)15)18(20)21-2/h3-11H,1-2H3. The van der Waals surface area contributed by atoms with Gasteiger partial charge < -0.3 is 4.74 Å². The van der Waals surface area contributed by atoms with Gasteiger partial charge in [0.1, 0.15) is 0 Å². The van der Waals surface area contributed by atoms with Crippen LogP contribution in [0.5, 0.6) is 0 Å². The van der Waals surface area contributed by atoms with Gasteiger partial charge in [0.2, 0.25) is 0 Å². The Kier molecular flexibility index (Phi) is 3.40. The lowest BCUT2D eigenvalue weighted by Gasteiger charge is -2.10. The van der Waals surface area contributed by atoms with E-state index in [2.05, 4.69) is 11.9 Å². The molecule has 0 amide bonds. The minimum atomic E-state index is -0.324. The molecule has 104 valence electrons. The number of hydrogen-bond acceptors (Lipinski definition) is 3. The summed E-state index contributed by atoms with van der Waals surface area (Å²) in [6.07, 6.45) is 3.64. The summed E-state index contributed by atoms with van der Waals surface area (Å²) in [5.74, 6) is -0.324. The van der Waals surface area contributed by atoms with Crippen LogP contribution in [0.4, 0.5) is 0 Å². The molecule has 0 saturated heterocycles. The molecule has 1 heterocycles. The SMILES string of the molecule is COC(=O)c1ccc2cccc(-c3cnccc3C)c2c1. The Bertz CT molecular complexity index is 824. The van der Waals surface area contributed by atoms with E-state index in [0.717, 1.165) is 27.5 Å². The highest BCUT2D eigenvalue weighted by Crippen LogP contribution is 2.31. The molecule has 0 radical (unpaired) electrons. The van der Waals surface area contributed by atoms with Gasteiger partial charge in [0.15, 0.2) is 0 Å². The molecular formula is C18H15NO2.